The van der Waals surface area contributed by atoms with E-state index in [1.165, 1.54) is 11.7 Å². The summed E-state index contributed by atoms with van der Waals surface area (Å²) in [5.74, 6) is -0.810. The van der Waals surface area contributed by atoms with Crippen LogP contribution in [0.1, 0.15) is 19.4 Å². The lowest BCUT2D eigenvalue weighted by Gasteiger charge is -2.13. The van der Waals surface area contributed by atoms with Crippen molar-refractivity contribution in [1.29, 1.82) is 5.41 Å². The van der Waals surface area contributed by atoms with Gasteiger partial charge >= 0.3 is 5.69 Å². The van der Waals surface area contributed by atoms with Gasteiger partial charge in [0, 0.05) is 36.7 Å². The van der Waals surface area contributed by atoms with Crippen LogP contribution in [-0.4, -0.2) is 40.0 Å². The molecule has 0 aliphatic heterocycles. The van der Waals surface area contributed by atoms with Crippen LogP contribution in [0.5, 0.6) is 5.75 Å². The van der Waals surface area contributed by atoms with Crippen LogP contribution in [0, 0.1) is 5.41 Å². The third-order valence-corrected chi connectivity index (χ3v) is 5.02. The summed E-state index contributed by atoms with van der Waals surface area (Å²) < 4.78 is 22.0. The molecule has 0 saturated heterocycles. The molecule has 8 heteroatoms. The molecule has 150 valence electrons. The van der Waals surface area contributed by atoms with Crippen LogP contribution in [0.4, 0.5) is 4.39 Å². The van der Waals surface area contributed by atoms with Crippen LogP contribution >= 0.6 is 0 Å². The van der Waals surface area contributed by atoms with Crippen molar-refractivity contribution in [2.24, 2.45) is 12.0 Å². The Bertz CT molecular complexity index is 1290. The van der Waals surface area contributed by atoms with Crippen LogP contribution in [0.3, 0.4) is 0 Å². The lowest BCUT2D eigenvalue weighted by molar-refractivity contribution is 0.414. The van der Waals surface area contributed by atoms with Crippen molar-refractivity contribution in [3.63, 3.8) is 0 Å². The number of aliphatic imine (C=N–C) groups is 1. The number of imidazole rings is 1. The number of nitrogens with one attached hydrogen (secondary N) is 1. The Morgan fingerprint density at radius 2 is 2.10 bits per heavy atom. The minimum absolute atomic E-state index is 0.108. The highest BCUT2D eigenvalue weighted by molar-refractivity contribution is 6.21. The summed E-state index contributed by atoms with van der Waals surface area (Å²) in [5.41, 5.74) is 3.09. The van der Waals surface area contributed by atoms with Crippen molar-refractivity contribution in [2.75, 3.05) is 14.2 Å². The second-order valence-electron chi connectivity index (χ2n) is 6.51. The van der Waals surface area contributed by atoms with E-state index in [9.17, 15) is 9.18 Å². The number of benzene rings is 1. The molecule has 0 radical (unpaired) electrons. The highest BCUT2D eigenvalue weighted by atomic mass is 19.1. The van der Waals surface area contributed by atoms with Crippen LogP contribution < -0.4 is 10.4 Å². The summed E-state index contributed by atoms with van der Waals surface area (Å²) in [6, 6.07) is 3.30. The first-order valence-corrected chi connectivity index (χ1v) is 8.89. The van der Waals surface area contributed by atoms with E-state index >= 15 is 0 Å². The minimum atomic E-state index is -1.16. The first kappa shape index (κ1) is 20.2. The van der Waals surface area contributed by atoms with Gasteiger partial charge in [0.1, 0.15) is 5.75 Å². The summed E-state index contributed by atoms with van der Waals surface area (Å²) in [6.07, 6.45) is 3.43. The van der Waals surface area contributed by atoms with Gasteiger partial charge in [-0.2, -0.15) is 4.39 Å². The highest BCUT2D eigenvalue weighted by Gasteiger charge is 2.21. The molecule has 1 N–H and O–H groups in total. The zero-order chi connectivity index (χ0) is 21.5. The predicted octanol–water partition coefficient (Wildman–Crippen LogP) is 3.81. The number of nitrogens with zero attached hydrogens (tertiary/aromatic N) is 4. The molecule has 0 fully saturated rings. The van der Waals surface area contributed by atoms with Gasteiger partial charge in [0.15, 0.2) is 0 Å². The molecule has 0 bridgehead atoms. The van der Waals surface area contributed by atoms with Crippen molar-refractivity contribution in [1.82, 2.24) is 14.1 Å². The summed E-state index contributed by atoms with van der Waals surface area (Å²) in [5, 5.41) is 7.93. The lowest BCUT2D eigenvalue weighted by atomic mass is 10.0. The fourth-order valence-corrected chi connectivity index (χ4v) is 3.39. The number of methoxy groups -OCH3 is 1. The van der Waals surface area contributed by atoms with Gasteiger partial charge in [-0.15, -0.1) is 0 Å². The number of fused-ring (bicyclic) bond motifs is 3. The van der Waals surface area contributed by atoms with Crippen molar-refractivity contribution >= 4 is 44.9 Å². The van der Waals surface area contributed by atoms with Gasteiger partial charge in [-0.25, -0.2) is 4.79 Å². The number of rotatable bonds is 5. The zero-order valence-electron chi connectivity index (χ0n) is 17.0. The van der Waals surface area contributed by atoms with Gasteiger partial charge in [-0.3, -0.25) is 24.5 Å². The maximum atomic E-state index is 13.6. The summed E-state index contributed by atoms with van der Waals surface area (Å²) in [7, 11) is 4.78. The van der Waals surface area contributed by atoms with Gasteiger partial charge in [0.05, 0.1) is 41.3 Å². The average molecular weight is 395 g/mol. The Kier molecular flexibility index (Phi) is 5.19. The maximum absolute atomic E-state index is 13.6. The standard InChI is InChI=1S/C21H22FN5O2/c1-7-16(12(3)24-4)27-19-14-8-13(11(2)20(22)23)18(29-6)9-15(14)25-10-17(19)26(5)21(27)28/h7-10,23H,2H2,1,3-6H3/b16-7+,23-20?,24-12-. The molecule has 2 heterocycles. The molecule has 0 spiro atoms. The van der Waals surface area contributed by atoms with Gasteiger partial charge in [0.2, 0.25) is 5.97 Å². The van der Waals surface area contributed by atoms with E-state index in [0.717, 1.165) is 0 Å². The number of aromatic nitrogens is 3. The number of allylic oxidation sites excluding steroid dienone is 3. The molecule has 0 atom stereocenters. The first-order chi connectivity index (χ1) is 13.8. The maximum Gasteiger partial charge on any atom is 0.333 e. The normalized spacial score (nSPS) is 12.6. The van der Waals surface area contributed by atoms with E-state index in [4.69, 9.17) is 10.1 Å². The Hall–Kier alpha value is -3.55. The fraction of sp³-hybridized carbons (Fsp3) is 0.238. The molecule has 0 aliphatic carbocycles. The predicted molar refractivity (Wildman–Crippen MR) is 116 cm³/mol. The molecular weight excluding hydrogens is 373 g/mol. The largest absolute Gasteiger partial charge is 0.496 e. The summed E-state index contributed by atoms with van der Waals surface area (Å²) >= 11 is 0. The third kappa shape index (κ3) is 3.06. The Morgan fingerprint density at radius 3 is 2.66 bits per heavy atom. The molecule has 7 nitrogen and oxygen atoms in total. The lowest BCUT2D eigenvalue weighted by Crippen LogP contribution is -2.24. The molecule has 0 unspecified atom stereocenters. The topological polar surface area (TPSA) is 85.3 Å². The smallest absolute Gasteiger partial charge is 0.333 e. The first-order valence-electron chi connectivity index (χ1n) is 8.89. The second kappa shape index (κ2) is 7.46. The molecule has 2 aromatic heterocycles. The Labute approximate surface area is 167 Å². The number of pyridine rings is 1. The van der Waals surface area contributed by atoms with E-state index in [1.54, 1.807) is 37.0 Å². The highest BCUT2D eigenvalue weighted by Crippen LogP contribution is 2.34. The molecule has 3 rings (SSSR count). The number of hydrogen-bond donors (Lipinski definition) is 1. The number of ether oxygens (including phenoxy) is 1. The number of hydrogen-bond acceptors (Lipinski definition) is 5. The van der Waals surface area contributed by atoms with Crippen LogP contribution in [0.25, 0.3) is 33.2 Å². The van der Waals surface area contributed by atoms with E-state index in [2.05, 4.69) is 16.6 Å². The quantitative estimate of drug-likeness (QED) is 0.667. The number of aryl methyl sites for hydroxylation is 1. The van der Waals surface area contributed by atoms with Crippen molar-refractivity contribution in [3.05, 3.63) is 47.0 Å². The summed E-state index contributed by atoms with van der Waals surface area (Å²) in [4.78, 5) is 21.7. The molecule has 0 aliphatic rings. The average Bonchev–Trinajstić information content (AvgIpc) is 2.97. The second-order valence-corrected chi connectivity index (χ2v) is 6.51. The van der Waals surface area contributed by atoms with Crippen molar-refractivity contribution in [3.8, 4) is 5.75 Å². The van der Waals surface area contributed by atoms with Gasteiger partial charge < -0.3 is 4.74 Å². The van der Waals surface area contributed by atoms with E-state index < -0.39 is 5.97 Å². The fourth-order valence-electron chi connectivity index (χ4n) is 3.39. The SMILES string of the molecule is C=C(C(=N)F)c1cc2c(cc1OC)ncc1c2n(C(=C/C)/C(C)=N\C)c(=O)n1C. The third-order valence-electron chi connectivity index (χ3n) is 5.02. The van der Waals surface area contributed by atoms with Crippen LogP contribution in [0.15, 0.2) is 40.8 Å². The molecule has 0 amide bonds. The molecule has 0 saturated carbocycles. The Morgan fingerprint density at radius 1 is 1.41 bits per heavy atom. The van der Waals surface area contributed by atoms with E-state index in [1.807, 2.05) is 19.9 Å². The molecule has 1 aromatic carbocycles. The monoisotopic (exact) mass is 395 g/mol. The zero-order valence-corrected chi connectivity index (χ0v) is 17.0. The molecule has 29 heavy (non-hydrogen) atoms. The minimum Gasteiger partial charge on any atom is -0.496 e. The Balaban J connectivity index is 2.56. The van der Waals surface area contributed by atoms with Crippen molar-refractivity contribution in [2.45, 2.75) is 13.8 Å². The molecular formula is C21H22FN5O2. The van der Waals surface area contributed by atoms with Crippen molar-refractivity contribution < 1.29 is 9.13 Å². The van der Waals surface area contributed by atoms with Gasteiger partial charge in [0.25, 0.3) is 0 Å². The van der Waals surface area contributed by atoms with Gasteiger partial charge in [-0.05, 0) is 19.9 Å². The van der Waals surface area contributed by atoms with E-state index in [-0.39, 0.29) is 11.3 Å². The van der Waals surface area contributed by atoms with Crippen LogP contribution in [0.2, 0.25) is 0 Å². The number of halogens is 1. The van der Waals surface area contributed by atoms with E-state index in [0.29, 0.717) is 44.7 Å². The summed E-state index contributed by atoms with van der Waals surface area (Å²) in [6.45, 7) is 7.31. The molecule has 3 aromatic rings. The van der Waals surface area contributed by atoms with Gasteiger partial charge in [-0.1, -0.05) is 12.7 Å². The van der Waals surface area contributed by atoms with Crippen LogP contribution in [-0.2, 0) is 7.05 Å².